The van der Waals surface area contributed by atoms with E-state index in [0.29, 0.717) is 6.04 Å². The summed E-state index contributed by atoms with van der Waals surface area (Å²) in [5.41, 5.74) is -0.0182. The predicted molar refractivity (Wildman–Crippen MR) is 78.3 cm³/mol. The zero-order chi connectivity index (χ0) is 13.9. The Morgan fingerprint density at radius 1 is 1.37 bits per heavy atom. The monoisotopic (exact) mass is 269 g/mol. The van der Waals surface area contributed by atoms with Gasteiger partial charge in [-0.15, -0.1) is 0 Å². The van der Waals surface area contributed by atoms with Crippen molar-refractivity contribution in [3.63, 3.8) is 0 Å². The fraction of sp³-hybridized carbons (Fsp3) is 1.00. The fourth-order valence-corrected chi connectivity index (χ4v) is 3.97. The molecule has 2 fully saturated rings. The standard InChI is InChI=1S/C16H31NO2/c1-4-6-13-7-8-15(18)14(11-13)17-10-5-9-16(2,12-17)19-3/h13-15,18H,4-12H2,1-3H3. The molecule has 2 rings (SSSR count). The van der Waals surface area contributed by atoms with Crippen LogP contribution < -0.4 is 0 Å². The molecule has 0 spiro atoms. The molecule has 2 aliphatic rings. The average molecular weight is 269 g/mol. The van der Waals surface area contributed by atoms with Gasteiger partial charge in [0.25, 0.3) is 0 Å². The molecule has 0 bridgehead atoms. The second-order valence-electron chi connectivity index (χ2n) is 6.83. The summed E-state index contributed by atoms with van der Waals surface area (Å²) in [4.78, 5) is 2.50. The zero-order valence-electron chi connectivity index (χ0n) is 12.9. The molecule has 1 aliphatic heterocycles. The van der Waals surface area contributed by atoms with Gasteiger partial charge in [0.2, 0.25) is 0 Å². The summed E-state index contributed by atoms with van der Waals surface area (Å²) in [5.74, 6) is 0.814. The van der Waals surface area contributed by atoms with Crippen molar-refractivity contribution in [2.45, 2.75) is 76.5 Å². The molecule has 0 aromatic heterocycles. The third-order valence-corrected chi connectivity index (χ3v) is 5.24. The number of aliphatic hydroxyl groups is 1. The lowest BCUT2D eigenvalue weighted by molar-refractivity contribution is -0.0876. The van der Waals surface area contributed by atoms with E-state index in [1.165, 1.54) is 32.1 Å². The highest BCUT2D eigenvalue weighted by Crippen LogP contribution is 2.34. The maximum Gasteiger partial charge on any atom is 0.0777 e. The van der Waals surface area contributed by atoms with E-state index >= 15 is 0 Å². The topological polar surface area (TPSA) is 32.7 Å². The second-order valence-corrected chi connectivity index (χ2v) is 6.83. The van der Waals surface area contributed by atoms with E-state index in [-0.39, 0.29) is 11.7 Å². The SMILES string of the molecule is CCCC1CCC(O)C(N2CCCC(C)(OC)C2)C1. The number of methoxy groups -OCH3 is 1. The lowest BCUT2D eigenvalue weighted by Crippen LogP contribution is -2.56. The number of likely N-dealkylation sites (tertiary alicyclic amines) is 1. The largest absolute Gasteiger partial charge is 0.391 e. The lowest BCUT2D eigenvalue weighted by atomic mass is 9.79. The molecular weight excluding hydrogens is 238 g/mol. The highest BCUT2D eigenvalue weighted by Gasteiger charge is 2.38. The Balaban J connectivity index is 1.98. The Hall–Kier alpha value is -0.120. The number of hydrogen-bond acceptors (Lipinski definition) is 3. The van der Waals surface area contributed by atoms with Crippen LogP contribution in [-0.2, 0) is 4.74 Å². The van der Waals surface area contributed by atoms with Crippen LogP contribution in [0.1, 0.15) is 58.8 Å². The first kappa shape index (κ1) is 15.3. The summed E-state index contributed by atoms with van der Waals surface area (Å²) in [6.45, 7) is 6.57. The number of nitrogens with zero attached hydrogens (tertiary/aromatic N) is 1. The molecule has 1 heterocycles. The molecule has 1 saturated heterocycles. The van der Waals surface area contributed by atoms with E-state index in [4.69, 9.17) is 4.74 Å². The minimum atomic E-state index is -0.132. The summed E-state index contributed by atoms with van der Waals surface area (Å²) in [5, 5.41) is 10.4. The summed E-state index contributed by atoms with van der Waals surface area (Å²) in [7, 11) is 1.82. The highest BCUT2D eigenvalue weighted by atomic mass is 16.5. The molecule has 3 nitrogen and oxygen atoms in total. The Kier molecular flexibility index (Phi) is 5.27. The summed E-state index contributed by atoms with van der Waals surface area (Å²) >= 11 is 0. The molecule has 0 aromatic carbocycles. The van der Waals surface area contributed by atoms with Gasteiger partial charge in [-0.25, -0.2) is 0 Å². The van der Waals surface area contributed by atoms with E-state index in [1.807, 2.05) is 7.11 Å². The molecule has 4 unspecified atom stereocenters. The number of hydrogen-bond donors (Lipinski definition) is 1. The van der Waals surface area contributed by atoms with Crippen LogP contribution in [0.25, 0.3) is 0 Å². The predicted octanol–water partition coefficient (Wildman–Crippen LogP) is 2.82. The fourth-order valence-electron chi connectivity index (χ4n) is 3.97. The summed E-state index contributed by atoms with van der Waals surface area (Å²) in [6, 6.07) is 0.361. The summed E-state index contributed by atoms with van der Waals surface area (Å²) in [6.07, 6.45) is 8.15. The summed E-state index contributed by atoms with van der Waals surface area (Å²) < 4.78 is 5.69. The van der Waals surface area contributed by atoms with Crippen LogP contribution >= 0.6 is 0 Å². The van der Waals surface area contributed by atoms with Crippen molar-refractivity contribution in [3.8, 4) is 0 Å². The second kappa shape index (κ2) is 6.55. The Morgan fingerprint density at radius 2 is 2.16 bits per heavy atom. The van der Waals surface area contributed by atoms with Gasteiger partial charge in [0.15, 0.2) is 0 Å². The molecule has 1 N–H and O–H groups in total. The number of aliphatic hydroxyl groups excluding tert-OH is 1. The average Bonchev–Trinajstić information content (AvgIpc) is 2.41. The van der Waals surface area contributed by atoms with Crippen molar-refractivity contribution < 1.29 is 9.84 Å². The van der Waals surface area contributed by atoms with Gasteiger partial charge in [0.1, 0.15) is 0 Å². The molecule has 1 aliphatic carbocycles. The highest BCUT2D eigenvalue weighted by molar-refractivity contribution is 4.93. The number of piperidine rings is 1. The van der Waals surface area contributed by atoms with Gasteiger partial charge in [0, 0.05) is 19.7 Å². The van der Waals surface area contributed by atoms with Gasteiger partial charge >= 0.3 is 0 Å². The van der Waals surface area contributed by atoms with Gasteiger partial charge in [-0.1, -0.05) is 19.8 Å². The molecule has 0 aromatic rings. The van der Waals surface area contributed by atoms with Gasteiger partial charge in [0.05, 0.1) is 11.7 Å². The Bertz CT molecular complexity index is 284. The Labute approximate surface area is 118 Å². The van der Waals surface area contributed by atoms with Crippen LogP contribution in [0, 0.1) is 5.92 Å². The van der Waals surface area contributed by atoms with Crippen molar-refractivity contribution >= 4 is 0 Å². The van der Waals surface area contributed by atoms with Gasteiger partial charge in [-0.05, 0) is 51.5 Å². The van der Waals surface area contributed by atoms with Crippen molar-refractivity contribution in [1.29, 1.82) is 0 Å². The first-order valence-electron chi connectivity index (χ1n) is 8.05. The zero-order valence-corrected chi connectivity index (χ0v) is 12.9. The van der Waals surface area contributed by atoms with Crippen molar-refractivity contribution in [3.05, 3.63) is 0 Å². The van der Waals surface area contributed by atoms with Gasteiger partial charge < -0.3 is 9.84 Å². The molecule has 1 saturated carbocycles. The van der Waals surface area contributed by atoms with E-state index < -0.39 is 0 Å². The first-order chi connectivity index (χ1) is 9.08. The van der Waals surface area contributed by atoms with Crippen LogP contribution in [-0.4, -0.2) is 48.0 Å². The minimum absolute atomic E-state index is 0.0182. The molecule has 19 heavy (non-hydrogen) atoms. The molecule has 0 amide bonds. The molecule has 4 atom stereocenters. The van der Waals surface area contributed by atoms with Crippen molar-refractivity contribution in [2.75, 3.05) is 20.2 Å². The van der Waals surface area contributed by atoms with E-state index in [2.05, 4.69) is 18.7 Å². The smallest absolute Gasteiger partial charge is 0.0777 e. The maximum atomic E-state index is 10.4. The van der Waals surface area contributed by atoms with Crippen LogP contribution in [0.4, 0.5) is 0 Å². The van der Waals surface area contributed by atoms with Crippen LogP contribution in [0.3, 0.4) is 0 Å². The molecular formula is C16H31NO2. The normalized spacial score (nSPS) is 41.4. The van der Waals surface area contributed by atoms with Crippen LogP contribution in [0.5, 0.6) is 0 Å². The van der Waals surface area contributed by atoms with E-state index in [0.717, 1.165) is 31.8 Å². The molecule has 0 radical (unpaired) electrons. The van der Waals surface area contributed by atoms with E-state index in [9.17, 15) is 5.11 Å². The maximum absolute atomic E-state index is 10.4. The lowest BCUT2D eigenvalue weighted by Gasteiger charge is -2.47. The van der Waals surface area contributed by atoms with Crippen molar-refractivity contribution in [1.82, 2.24) is 4.90 Å². The van der Waals surface area contributed by atoms with Crippen LogP contribution in [0.15, 0.2) is 0 Å². The van der Waals surface area contributed by atoms with Gasteiger partial charge in [-0.2, -0.15) is 0 Å². The molecule has 3 heteroatoms. The first-order valence-corrected chi connectivity index (χ1v) is 8.05. The minimum Gasteiger partial charge on any atom is -0.391 e. The Morgan fingerprint density at radius 3 is 2.84 bits per heavy atom. The van der Waals surface area contributed by atoms with Crippen molar-refractivity contribution in [2.24, 2.45) is 5.92 Å². The molecule has 112 valence electrons. The number of rotatable bonds is 4. The number of ether oxygens (including phenoxy) is 1. The van der Waals surface area contributed by atoms with E-state index in [1.54, 1.807) is 0 Å². The third kappa shape index (κ3) is 3.71. The third-order valence-electron chi connectivity index (χ3n) is 5.24. The quantitative estimate of drug-likeness (QED) is 0.852. The van der Waals surface area contributed by atoms with Crippen LogP contribution in [0.2, 0.25) is 0 Å². The van der Waals surface area contributed by atoms with Gasteiger partial charge in [-0.3, -0.25) is 4.90 Å².